The number of rotatable bonds is 3. The molecule has 2 heteroatoms. The SMILES string of the molecule is CCC1CCCCN1CC(C)O. The quantitative estimate of drug-likeness (QED) is 0.697. The molecule has 0 spiro atoms. The van der Waals surface area contributed by atoms with Crippen molar-refractivity contribution in [3.8, 4) is 0 Å². The summed E-state index contributed by atoms with van der Waals surface area (Å²) >= 11 is 0. The Hall–Kier alpha value is -0.0800. The third-order valence-corrected chi connectivity index (χ3v) is 2.72. The molecule has 2 unspecified atom stereocenters. The van der Waals surface area contributed by atoms with E-state index in [0.717, 1.165) is 12.6 Å². The third-order valence-electron chi connectivity index (χ3n) is 2.72. The van der Waals surface area contributed by atoms with E-state index in [9.17, 15) is 5.11 Å². The number of likely N-dealkylation sites (tertiary alicyclic amines) is 1. The largest absolute Gasteiger partial charge is 0.392 e. The fraction of sp³-hybridized carbons (Fsp3) is 1.00. The van der Waals surface area contributed by atoms with Crippen LogP contribution >= 0.6 is 0 Å². The maximum absolute atomic E-state index is 9.28. The molecule has 1 N–H and O–H groups in total. The molecule has 1 rings (SSSR count). The summed E-state index contributed by atoms with van der Waals surface area (Å²) in [4.78, 5) is 2.44. The molecule has 12 heavy (non-hydrogen) atoms. The van der Waals surface area contributed by atoms with Gasteiger partial charge in [-0.15, -0.1) is 0 Å². The Morgan fingerprint density at radius 3 is 2.83 bits per heavy atom. The summed E-state index contributed by atoms with van der Waals surface area (Å²) in [5, 5.41) is 9.28. The Morgan fingerprint density at radius 2 is 2.25 bits per heavy atom. The molecular weight excluding hydrogens is 150 g/mol. The highest BCUT2D eigenvalue weighted by atomic mass is 16.3. The lowest BCUT2D eigenvalue weighted by Gasteiger charge is -2.35. The molecule has 0 aromatic rings. The fourth-order valence-electron chi connectivity index (χ4n) is 2.10. The van der Waals surface area contributed by atoms with Gasteiger partial charge in [0, 0.05) is 12.6 Å². The molecule has 1 heterocycles. The van der Waals surface area contributed by atoms with Crippen LogP contribution in [-0.2, 0) is 0 Å². The van der Waals surface area contributed by atoms with E-state index in [4.69, 9.17) is 0 Å². The van der Waals surface area contributed by atoms with Crippen molar-refractivity contribution in [3.63, 3.8) is 0 Å². The highest BCUT2D eigenvalue weighted by Crippen LogP contribution is 2.19. The minimum Gasteiger partial charge on any atom is -0.392 e. The van der Waals surface area contributed by atoms with Gasteiger partial charge in [-0.25, -0.2) is 0 Å². The van der Waals surface area contributed by atoms with E-state index in [1.807, 2.05) is 6.92 Å². The number of hydrogen-bond donors (Lipinski definition) is 1. The van der Waals surface area contributed by atoms with Gasteiger partial charge in [-0.05, 0) is 32.7 Å². The Morgan fingerprint density at radius 1 is 1.50 bits per heavy atom. The average Bonchev–Trinajstić information content (AvgIpc) is 2.04. The first kappa shape index (κ1) is 10.0. The summed E-state index contributed by atoms with van der Waals surface area (Å²) in [5.74, 6) is 0. The van der Waals surface area contributed by atoms with E-state index < -0.39 is 0 Å². The summed E-state index contributed by atoms with van der Waals surface area (Å²) in [6.45, 7) is 6.16. The van der Waals surface area contributed by atoms with E-state index in [0.29, 0.717) is 0 Å². The lowest BCUT2D eigenvalue weighted by atomic mass is 10.00. The van der Waals surface area contributed by atoms with Crippen LogP contribution in [0.3, 0.4) is 0 Å². The van der Waals surface area contributed by atoms with Crippen LogP contribution < -0.4 is 0 Å². The molecule has 0 aromatic carbocycles. The molecule has 1 aliphatic heterocycles. The molecular formula is C10H21NO. The molecule has 0 saturated carbocycles. The van der Waals surface area contributed by atoms with Gasteiger partial charge in [-0.1, -0.05) is 13.3 Å². The Kier molecular flexibility index (Phi) is 4.02. The predicted molar refractivity (Wildman–Crippen MR) is 51.2 cm³/mol. The zero-order valence-corrected chi connectivity index (χ0v) is 8.29. The zero-order chi connectivity index (χ0) is 8.97. The number of piperidine rings is 1. The first-order valence-electron chi connectivity index (χ1n) is 5.16. The topological polar surface area (TPSA) is 23.5 Å². The first-order chi connectivity index (χ1) is 5.74. The van der Waals surface area contributed by atoms with Gasteiger partial charge >= 0.3 is 0 Å². The molecule has 2 atom stereocenters. The van der Waals surface area contributed by atoms with Crippen molar-refractivity contribution < 1.29 is 5.11 Å². The van der Waals surface area contributed by atoms with Gasteiger partial charge in [0.2, 0.25) is 0 Å². The standard InChI is InChI=1S/C10H21NO/c1-3-10-6-4-5-7-11(10)8-9(2)12/h9-10,12H,3-8H2,1-2H3. The first-order valence-corrected chi connectivity index (χ1v) is 5.16. The molecule has 0 aliphatic carbocycles. The van der Waals surface area contributed by atoms with Gasteiger partial charge in [0.1, 0.15) is 0 Å². The second-order valence-electron chi connectivity index (χ2n) is 3.90. The van der Waals surface area contributed by atoms with Crippen LogP contribution in [0.2, 0.25) is 0 Å². The maximum atomic E-state index is 9.28. The highest BCUT2D eigenvalue weighted by Gasteiger charge is 2.21. The molecule has 0 radical (unpaired) electrons. The average molecular weight is 171 g/mol. The maximum Gasteiger partial charge on any atom is 0.0639 e. The van der Waals surface area contributed by atoms with Crippen LogP contribution in [0, 0.1) is 0 Å². The summed E-state index contributed by atoms with van der Waals surface area (Å²) in [5.41, 5.74) is 0. The summed E-state index contributed by atoms with van der Waals surface area (Å²) in [7, 11) is 0. The lowest BCUT2D eigenvalue weighted by Crippen LogP contribution is -2.42. The fourth-order valence-corrected chi connectivity index (χ4v) is 2.10. The molecule has 1 fully saturated rings. The van der Waals surface area contributed by atoms with Gasteiger partial charge in [0.05, 0.1) is 6.10 Å². The molecule has 1 saturated heterocycles. The summed E-state index contributed by atoms with van der Waals surface area (Å²) < 4.78 is 0. The minimum atomic E-state index is -0.169. The van der Waals surface area contributed by atoms with Crippen molar-refractivity contribution in [2.24, 2.45) is 0 Å². The van der Waals surface area contributed by atoms with Gasteiger partial charge in [-0.3, -0.25) is 4.90 Å². The number of nitrogens with zero attached hydrogens (tertiary/aromatic N) is 1. The van der Waals surface area contributed by atoms with Crippen LogP contribution in [0.25, 0.3) is 0 Å². The van der Waals surface area contributed by atoms with Crippen LogP contribution in [0.15, 0.2) is 0 Å². The van der Waals surface area contributed by atoms with Crippen molar-refractivity contribution in [1.29, 1.82) is 0 Å². The Labute approximate surface area is 75.6 Å². The van der Waals surface area contributed by atoms with E-state index >= 15 is 0 Å². The van der Waals surface area contributed by atoms with E-state index in [-0.39, 0.29) is 6.10 Å². The molecule has 0 aromatic heterocycles. The van der Waals surface area contributed by atoms with Crippen LogP contribution in [0.4, 0.5) is 0 Å². The number of β-amino-alcohol motifs (C(OH)–C–C–N with tert-alkyl or cyclic N) is 1. The Bertz CT molecular complexity index is 125. The molecule has 0 bridgehead atoms. The van der Waals surface area contributed by atoms with Crippen LogP contribution in [0.1, 0.15) is 39.5 Å². The molecule has 2 nitrogen and oxygen atoms in total. The van der Waals surface area contributed by atoms with Crippen LogP contribution in [0.5, 0.6) is 0 Å². The molecule has 72 valence electrons. The highest BCUT2D eigenvalue weighted by molar-refractivity contribution is 4.76. The number of hydrogen-bond acceptors (Lipinski definition) is 2. The Balaban J connectivity index is 2.36. The van der Waals surface area contributed by atoms with Gasteiger partial charge < -0.3 is 5.11 Å². The van der Waals surface area contributed by atoms with Gasteiger partial charge in [-0.2, -0.15) is 0 Å². The predicted octanol–water partition coefficient (Wildman–Crippen LogP) is 1.63. The second kappa shape index (κ2) is 4.83. The van der Waals surface area contributed by atoms with Crippen molar-refractivity contribution in [1.82, 2.24) is 4.90 Å². The van der Waals surface area contributed by atoms with Crippen molar-refractivity contribution in [3.05, 3.63) is 0 Å². The molecule has 0 amide bonds. The van der Waals surface area contributed by atoms with E-state index in [1.165, 1.54) is 32.2 Å². The normalized spacial score (nSPS) is 28.8. The van der Waals surface area contributed by atoms with Crippen LogP contribution in [-0.4, -0.2) is 35.2 Å². The third kappa shape index (κ3) is 2.76. The van der Waals surface area contributed by atoms with Crippen molar-refractivity contribution >= 4 is 0 Å². The van der Waals surface area contributed by atoms with Crippen molar-refractivity contribution in [2.45, 2.75) is 51.7 Å². The van der Waals surface area contributed by atoms with Crippen molar-refractivity contribution in [2.75, 3.05) is 13.1 Å². The van der Waals surface area contributed by atoms with E-state index in [1.54, 1.807) is 0 Å². The summed E-state index contributed by atoms with van der Waals surface area (Å²) in [6.07, 6.45) is 5.06. The monoisotopic (exact) mass is 171 g/mol. The molecule has 1 aliphatic rings. The van der Waals surface area contributed by atoms with E-state index in [2.05, 4.69) is 11.8 Å². The zero-order valence-electron chi connectivity index (χ0n) is 8.29. The lowest BCUT2D eigenvalue weighted by molar-refractivity contribution is 0.0749. The van der Waals surface area contributed by atoms with Gasteiger partial charge in [0.15, 0.2) is 0 Å². The minimum absolute atomic E-state index is 0.169. The number of aliphatic hydroxyl groups excluding tert-OH is 1. The number of aliphatic hydroxyl groups is 1. The second-order valence-corrected chi connectivity index (χ2v) is 3.90. The summed E-state index contributed by atoms with van der Waals surface area (Å²) in [6, 6.07) is 0.730. The smallest absolute Gasteiger partial charge is 0.0639 e. The van der Waals surface area contributed by atoms with Gasteiger partial charge in [0.25, 0.3) is 0 Å².